The molecular formula is C31H30FN3O2. The first-order valence-electron chi connectivity index (χ1n) is 12.9. The van der Waals surface area contributed by atoms with Crippen LogP contribution in [0.2, 0.25) is 0 Å². The van der Waals surface area contributed by atoms with Crippen molar-refractivity contribution in [3.05, 3.63) is 107 Å². The van der Waals surface area contributed by atoms with Crippen molar-refractivity contribution < 1.29 is 14.0 Å². The number of nitrogens with one attached hydrogen (secondary N) is 1. The van der Waals surface area contributed by atoms with Gasteiger partial charge < -0.3 is 14.8 Å². The van der Waals surface area contributed by atoms with Gasteiger partial charge in [-0.3, -0.25) is 9.59 Å². The molecule has 4 aromatic rings. The zero-order valence-electron chi connectivity index (χ0n) is 21.1. The van der Waals surface area contributed by atoms with E-state index in [0.29, 0.717) is 19.5 Å². The number of carbonyl (C=O) groups is 2. The molecule has 0 spiro atoms. The summed E-state index contributed by atoms with van der Waals surface area (Å²) in [5, 5.41) is 1.09. The van der Waals surface area contributed by atoms with Crippen molar-refractivity contribution in [2.75, 3.05) is 19.6 Å². The molecule has 5 nitrogen and oxygen atoms in total. The SMILES string of the molecule is CCc1ccc(C2CN3C(=O)CN(CCc4ccc(F)cc4)C(=O)C3(C)c3[nH]c4ccccc4c32)cc1. The average molecular weight is 496 g/mol. The summed E-state index contributed by atoms with van der Waals surface area (Å²) >= 11 is 0. The molecule has 0 aliphatic carbocycles. The van der Waals surface area contributed by atoms with E-state index in [0.717, 1.165) is 39.7 Å². The van der Waals surface area contributed by atoms with Crippen LogP contribution in [0.4, 0.5) is 4.39 Å². The van der Waals surface area contributed by atoms with Gasteiger partial charge in [-0.2, -0.15) is 0 Å². The van der Waals surface area contributed by atoms with Gasteiger partial charge >= 0.3 is 0 Å². The number of hydrogen-bond acceptors (Lipinski definition) is 2. The van der Waals surface area contributed by atoms with Gasteiger partial charge in [-0.15, -0.1) is 0 Å². The number of aromatic amines is 1. The molecule has 3 heterocycles. The number of para-hydroxylation sites is 1. The molecule has 6 rings (SSSR count). The van der Waals surface area contributed by atoms with E-state index in [1.165, 1.54) is 17.7 Å². The molecule has 3 aromatic carbocycles. The molecule has 1 saturated heterocycles. The smallest absolute Gasteiger partial charge is 0.254 e. The van der Waals surface area contributed by atoms with E-state index < -0.39 is 5.54 Å². The maximum Gasteiger partial charge on any atom is 0.254 e. The second-order valence-electron chi connectivity index (χ2n) is 10.3. The summed E-state index contributed by atoms with van der Waals surface area (Å²) in [5.74, 6) is -0.460. The molecule has 37 heavy (non-hydrogen) atoms. The van der Waals surface area contributed by atoms with Gasteiger partial charge in [0.2, 0.25) is 5.91 Å². The Labute approximate surface area is 215 Å². The molecule has 2 amide bonds. The number of benzene rings is 3. The van der Waals surface area contributed by atoms with Crippen LogP contribution in [-0.2, 0) is 28.0 Å². The summed E-state index contributed by atoms with van der Waals surface area (Å²) in [6.45, 7) is 4.91. The first-order chi connectivity index (χ1) is 17.9. The fourth-order valence-corrected chi connectivity index (χ4v) is 6.06. The maximum atomic E-state index is 14.1. The number of nitrogens with zero attached hydrogens (tertiary/aromatic N) is 2. The average Bonchev–Trinajstić information content (AvgIpc) is 3.32. The number of aromatic nitrogens is 1. The zero-order valence-corrected chi connectivity index (χ0v) is 21.1. The van der Waals surface area contributed by atoms with Crippen LogP contribution in [0.3, 0.4) is 0 Å². The third kappa shape index (κ3) is 3.74. The number of rotatable bonds is 5. The lowest BCUT2D eigenvalue weighted by molar-refractivity contribution is -0.166. The molecule has 1 fully saturated rings. The second kappa shape index (κ2) is 8.87. The summed E-state index contributed by atoms with van der Waals surface area (Å²) in [4.78, 5) is 34.7. The first-order valence-corrected chi connectivity index (χ1v) is 12.9. The van der Waals surface area contributed by atoms with Crippen molar-refractivity contribution in [3.63, 3.8) is 0 Å². The molecule has 0 bridgehead atoms. The van der Waals surface area contributed by atoms with Crippen LogP contribution >= 0.6 is 0 Å². The summed E-state index contributed by atoms with van der Waals surface area (Å²) in [6, 6.07) is 23.0. The summed E-state index contributed by atoms with van der Waals surface area (Å²) < 4.78 is 13.3. The Morgan fingerprint density at radius 1 is 0.973 bits per heavy atom. The van der Waals surface area contributed by atoms with Crippen LogP contribution in [0.1, 0.15) is 47.7 Å². The monoisotopic (exact) mass is 495 g/mol. The highest BCUT2D eigenvalue weighted by Crippen LogP contribution is 2.48. The third-order valence-electron chi connectivity index (χ3n) is 8.19. The van der Waals surface area contributed by atoms with Gasteiger partial charge in [0.1, 0.15) is 5.82 Å². The third-order valence-corrected chi connectivity index (χ3v) is 8.19. The lowest BCUT2D eigenvalue weighted by atomic mass is 9.76. The minimum atomic E-state index is -1.12. The van der Waals surface area contributed by atoms with E-state index in [9.17, 15) is 14.0 Å². The lowest BCUT2D eigenvalue weighted by Crippen LogP contribution is -2.67. The molecule has 6 heteroatoms. The van der Waals surface area contributed by atoms with E-state index in [2.05, 4.69) is 42.2 Å². The second-order valence-corrected chi connectivity index (χ2v) is 10.3. The van der Waals surface area contributed by atoms with Gasteiger partial charge in [0.15, 0.2) is 5.54 Å². The van der Waals surface area contributed by atoms with Crippen LogP contribution in [0.15, 0.2) is 72.8 Å². The Morgan fingerprint density at radius 3 is 2.41 bits per heavy atom. The molecule has 2 unspecified atom stereocenters. The molecule has 2 aliphatic heterocycles. The highest BCUT2D eigenvalue weighted by molar-refractivity contribution is 6.01. The summed E-state index contributed by atoms with van der Waals surface area (Å²) in [5.41, 5.74) is 5.09. The van der Waals surface area contributed by atoms with Crippen molar-refractivity contribution in [1.82, 2.24) is 14.8 Å². The minimum Gasteiger partial charge on any atom is -0.356 e. The van der Waals surface area contributed by atoms with Gasteiger partial charge in [0, 0.05) is 29.9 Å². The van der Waals surface area contributed by atoms with Gasteiger partial charge in [-0.05, 0) is 60.2 Å². The van der Waals surface area contributed by atoms with E-state index in [1.807, 2.05) is 25.1 Å². The molecule has 0 saturated carbocycles. The minimum absolute atomic E-state index is 0.0346. The number of H-pyrrole nitrogens is 1. The molecular weight excluding hydrogens is 465 g/mol. The fourth-order valence-electron chi connectivity index (χ4n) is 6.06. The van der Waals surface area contributed by atoms with E-state index in [4.69, 9.17) is 0 Å². The van der Waals surface area contributed by atoms with Crippen LogP contribution in [-0.4, -0.2) is 46.2 Å². The molecule has 1 N–H and O–H groups in total. The normalized spacial score (nSPS) is 21.3. The van der Waals surface area contributed by atoms with Gasteiger partial charge in [-0.25, -0.2) is 4.39 Å². The number of piperazine rings is 1. The van der Waals surface area contributed by atoms with Crippen LogP contribution in [0.25, 0.3) is 10.9 Å². The molecule has 2 aliphatic rings. The quantitative estimate of drug-likeness (QED) is 0.417. The van der Waals surface area contributed by atoms with E-state index in [-0.39, 0.29) is 30.1 Å². The predicted molar refractivity (Wildman–Crippen MR) is 142 cm³/mol. The molecule has 0 radical (unpaired) electrons. The summed E-state index contributed by atoms with van der Waals surface area (Å²) in [6.07, 6.45) is 1.52. The Kier molecular flexibility index (Phi) is 5.63. The molecule has 2 atom stereocenters. The van der Waals surface area contributed by atoms with Crippen LogP contribution < -0.4 is 0 Å². The standard InChI is InChI=1S/C31H30FN3O2/c1-3-20-8-12-22(13-9-20)25-18-35-27(36)19-34(17-16-21-10-14-23(32)15-11-21)30(37)31(35,2)29-28(25)24-6-4-5-7-26(24)33-29/h4-15,25,33H,3,16-19H2,1-2H3. The van der Waals surface area contributed by atoms with E-state index in [1.54, 1.807) is 21.9 Å². The van der Waals surface area contributed by atoms with Crippen molar-refractivity contribution in [2.24, 2.45) is 0 Å². The van der Waals surface area contributed by atoms with Crippen molar-refractivity contribution in [3.8, 4) is 0 Å². The molecule has 1 aromatic heterocycles. The van der Waals surface area contributed by atoms with Crippen molar-refractivity contribution >= 4 is 22.7 Å². The lowest BCUT2D eigenvalue weighted by Gasteiger charge is -2.51. The number of amides is 2. The van der Waals surface area contributed by atoms with Crippen molar-refractivity contribution in [1.29, 1.82) is 0 Å². The predicted octanol–water partition coefficient (Wildman–Crippen LogP) is 5.14. The Hall–Kier alpha value is -3.93. The highest BCUT2D eigenvalue weighted by Gasteiger charge is 2.56. The van der Waals surface area contributed by atoms with Crippen molar-refractivity contribution in [2.45, 2.75) is 38.1 Å². The topological polar surface area (TPSA) is 56.4 Å². The Bertz CT molecular complexity index is 1490. The van der Waals surface area contributed by atoms with E-state index >= 15 is 0 Å². The Balaban J connectivity index is 1.42. The summed E-state index contributed by atoms with van der Waals surface area (Å²) in [7, 11) is 0. The Morgan fingerprint density at radius 2 is 1.68 bits per heavy atom. The van der Waals surface area contributed by atoms with Crippen LogP contribution in [0, 0.1) is 5.82 Å². The maximum absolute atomic E-state index is 14.1. The number of hydrogen-bond donors (Lipinski definition) is 1. The van der Waals surface area contributed by atoms with Gasteiger partial charge in [0.25, 0.3) is 5.91 Å². The number of aryl methyl sites for hydroxylation is 1. The molecule has 188 valence electrons. The highest BCUT2D eigenvalue weighted by atomic mass is 19.1. The number of carbonyl (C=O) groups excluding carboxylic acids is 2. The van der Waals surface area contributed by atoms with Crippen LogP contribution in [0.5, 0.6) is 0 Å². The first kappa shape index (κ1) is 23.5. The number of fused-ring (bicyclic) bond motifs is 5. The van der Waals surface area contributed by atoms with Gasteiger partial charge in [-0.1, -0.05) is 61.5 Å². The van der Waals surface area contributed by atoms with Gasteiger partial charge in [0.05, 0.1) is 12.2 Å². The number of halogens is 1. The largest absolute Gasteiger partial charge is 0.356 e. The zero-order chi connectivity index (χ0) is 25.7. The fraction of sp³-hybridized carbons (Fsp3) is 0.290.